The summed E-state index contributed by atoms with van der Waals surface area (Å²) in [5.74, 6) is 1.06. The van der Waals surface area contributed by atoms with E-state index in [0.717, 1.165) is 0 Å². The predicted octanol–water partition coefficient (Wildman–Crippen LogP) is 3.06. The molecule has 1 unspecified atom stereocenters. The molecule has 4 rings (SSSR count). The molecule has 1 aliphatic rings. The van der Waals surface area contributed by atoms with E-state index in [2.05, 4.69) is 10.0 Å². The summed E-state index contributed by atoms with van der Waals surface area (Å²) < 4.78 is 38.7. The molecule has 1 heterocycles. The third kappa shape index (κ3) is 4.55. The van der Waals surface area contributed by atoms with Crippen molar-refractivity contribution in [2.75, 3.05) is 17.9 Å². The number of hydrogen-bond donors (Lipinski definition) is 2. The van der Waals surface area contributed by atoms with Gasteiger partial charge in [-0.05, 0) is 48.5 Å². The molecule has 3 aromatic rings. The van der Waals surface area contributed by atoms with Gasteiger partial charge in [-0.1, -0.05) is 30.3 Å². The Morgan fingerprint density at radius 2 is 1.57 bits per heavy atom. The number of para-hydroxylation sites is 2. The molecular weight excluding hydrogens is 404 g/mol. The standard InChI is InChI=1S/C22H20N2O5S/c25-22(23-14-18-15-28-20-8-4-5-9-21(20)29-18)16-10-12-17(13-11-16)24-30(26,27)19-6-2-1-3-7-19/h1-13,18,24H,14-15H2,(H,23,25). The highest BCUT2D eigenvalue weighted by atomic mass is 32.2. The Morgan fingerprint density at radius 3 is 2.30 bits per heavy atom. The molecule has 2 N–H and O–H groups in total. The number of carbonyl (C=O) groups excluding carboxylic acids is 1. The number of carbonyl (C=O) groups is 1. The smallest absolute Gasteiger partial charge is 0.261 e. The molecular formula is C22H20N2O5S. The van der Waals surface area contributed by atoms with E-state index in [4.69, 9.17) is 9.47 Å². The fraction of sp³-hybridized carbons (Fsp3) is 0.136. The number of rotatable bonds is 6. The summed E-state index contributed by atoms with van der Waals surface area (Å²) in [4.78, 5) is 12.6. The van der Waals surface area contributed by atoms with Crippen molar-refractivity contribution in [2.45, 2.75) is 11.0 Å². The Labute approximate surface area is 174 Å². The first-order valence-electron chi connectivity index (χ1n) is 9.36. The van der Waals surface area contributed by atoms with Crippen LogP contribution in [-0.4, -0.2) is 33.6 Å². The van der Waals surface area contributed by atoms with Gasteiger partial charge < -0.3 is 14.8 Å². The van der Waals surface area contributed by atoms with Crippen LogP contribution in [-0.2, 0) is 10.0 Å². The molecule has 7 nitrogen and oxygen atoms in total. The maximum absolute atomic E-state index is 12.4. The zero-order chi connectivity index (χ0) is 21.0. The summed E-state index contributed by atoms with van der Waals surface area (Å²) in [6, 6.07) is 21.7. The molecule has 0 fully saturated rings. The number of nitrogens with one attached hydrogen (secondary N) is 2. The highest BCUT2D eigenvalue weighted by Gasteiger charge is 2.21. The number of fused-ring (bicyclic) bond motifs is 1. The van der Waals surface area contributed by atoms with Crippen molar-refractivity contribution in [1.82, 2.24) is 5.32 Å². The Kier molecular flexibility index (Phi) is 5.58. The molecule has 1 aliphatic heterocycles. The first-order valence-corrected chi connectivity index (χ1v) is 10.8. The molecule has 0 spiro atoms. The summed E-state index contributed by atoms with van der Waals surface area (Å²) in [7, 11) is -3.68. The number of hydrogen-bond acceptors (Lipinski definition) is 5. The summed E-state index contributed by atoms with van der Waals surface area (Å²) >= 11 is 0. The highest BCUT2D eigenvalue weighted by Crippen LogP contribution is 2.30. The molecule has 1 atom stereocenters. The van der Waals surface area contributed by atoms with Gasteiger partial charge >= 0.3 is 0 Å². The van der Waals surface area contributed by atoms with Crippen LogP contribution in [0.15, 0.2) is 83.8 Å². The van der Waals surface area contributed by atoms with Crippen LogP contribution >= 0.6 is 0 Å². The van der Waals surface area contributed by atoms with Gasteiger partial charge in [0.25, 0.3) is 15.9 Å². The van der Waals surface area contributed by atoms with Crippen molar-refractivity contribution >= 4 is 21.6 Å². The zero-order valence-corrected chi connectivity index (χ0v) is 16.8. The van der Waals surface area contributed by atoms with E-state index in [0.29, 0.717) is 29.4 Å². The maximum atomic E-state index is 12.4. The van der Waals surface area contributed by atoms with Gasteiger partial charge in [-0.2, -0.15) is 0 Å². The average molecular weight is 424 g/mol. The summed E-state index contributed by atoms with van der Waals surface area (Å²) in [6.45, 7) is 0.632. The van der Waals surface area contributed by atoms with E-state index >= 15 is 0 Å². The van der Waals surface area contributed by atoms with E-state index in [-0.39, 0.29) is 23.5 Å². The molecule has 8 heteroatoms. The van der Waals surface area contributed by atoms with Crippen molar-refractivity contribution in [3.05, 3.63) is 84.4 Å². The number of ether oxygens (including phenoxy) is 2. The van der Waals surface area contributed by atoms with Crippen LogP contribution in [0.25, 0.3) is 0 Å². The lowest BCUT2D eigenvalue weighted by molar-refractivity contribution is 0.0789. The minimum atomic E-state index is -3.68. The third-order valence-corrected chi connectivity index (χ3v) is 5.91. The van der Waals surface area contributed by atoms with Crippen LogP contribution in [0.5, 0.6) is 11.5 Å². The lowest BCUT2D eigenvalue weighted by Crippen LogP contribution is -2.40. The molecule has 30 heavy (non-hydrogen) atoms. The zero-order valence-electron chi connectivity index (χ0n) is 15.9. The minimum absolute atomic E-state index is 0.170. The average Bonchev–Trinajstić information content (AvgIpc) is 2.78. The van der Waals surface area contributed by atoms with E-state index in [1.807, 2.05) is 24.3 Å². The second-order valence-electron chi connectivity index (χ2n) is 6.70. The second-order valence-corrected chi connectivity index (χ2v) is 8.39. The van der Waals surface area contributed by atoms with Gasteiger partial charge in [0.15, 0.2) is 11.5 Å². The van der Waals surface area contributed by atoms with E-state index in [1.54, 1.807) is 42.5 Å². The Bertz CT molecular complexity index is 1130. The Morgan fingerprint density at radius 1 is 0.900 bits per heavy atom. The molecule has 0 saturated carbocycles. The van der Waals surface area contributed by atoms with Gasteiger partial charge in [-0.25, -0.2) is 8.42 Å². The fourth-order valence-corrected chi connectivity index (χ4v) is 4.06. The summed E-state index contributed by atoms with van der Waals surface area (Å²) in [5, 5.41) is 2.81. The first kappa shape index (κ1) is 19.8. The van der Waals surface area contributed by atoms with Crippen molar-refractivity contribution in [3.8, 4) is 11.5 Å². The minimum Gasteiger partial charge on any atom is -0.486 e. The lowest BCUT2D eigenvalue weighted by atomic mass is 10.2. The Balaban J connectivity index is 1.33. The van der Waals surface area contributed by atoms with Crippen LogP contribution in [0.3, 0.4) is 0 Å². The predicted molar refractivity (Wildman–Crippen MR) is 112 cm³/mol. The van der Waals surface area contributed by atoms with Crippen molar-refractivity contribution in [2.24, 2.45) is 0 Å². The van der Waals surface area contributed by atoms with Crippen LogP contribution in [0.1, 0.15) is 10.4 Å². The first-order chi connectivity index (χ1) is 14.5. The largest absolute Gasteiger partial charge is 0.486 e. The highest BCUT2D eigenvalue weighted by molar-refractivity contribution is 7.92. The third-order valence-electron chi connectivity index (χ3n) is 4.51. The van der Waals surface area contributed by atoms with Gasteiger partial charge in [0.05, 0.1) is 11.4 Å². The maximum Gasteiger partial charge on any atom is 0.261 e. The number of benzene rings is 3. The second kappa shape index (κ2) is 8.46. The number of sulfonamides is 1. The number of anilines is 1. The fourth-order valence-electron chi connectivity index (χ4n) is 2.98. The quantitative estimate of drug-likeness (QED) is 0.634. The van der Waals surface area contributed by atoms with Gasteiger partial charge in [-0.15, -0.1) is 0 Å². The molecule has 0 aliphatic carbocycles. The monoisotopic (exact) mass is 424 g/mol. The molecule has 0 bridgehead atoms. The molecule has 0 aromatic heterocycles. The van der Waals surface area contributed by atoms with Crippen molar-refractivity contribution in [3.63, 3.8) is 0 Å². The van der Waals surface area contributed by atoms with E-state index in [1.165, 1.54) is 12.1 Å². The van der Waals surface area contributed by atoms with Crippen molar-refractivity contribution in [1.29, 1.82) is 0 Å². The van der Waals surface area contributed by atoms with Gasteiger partial charge in [0.1, 0.15) is 12.7 Å². The summed E-state index contributed by atoms with van der Waals surface area (Å²) in [6.07, 6.45) is -0.291. The molecule has 0 saturated heterocycles. The van der Waals surface area contributed by atoms with Crippen LogP contribution in [0.4, 0.5) is 5.69 Å². The van der Waals surface area contributed by atoms with E-state index in [9.17, 15) is 13.2 Å². The van der Waals surface area contributed by atoms with Crippen LogP contribution < -0.4 is 19.5 Å². The van der Waals surface area contributed by atoms with E-state index < -0.39 is 10.0 Å². The van der Waals surface area contributed by atoms with Crippen LogP contribution in [0.2, 0.25) is 0 Å². The van der Waals surface area contributed by atoms with Gasteiger partial charge in [-0.3, -0.25) is 9.52 Å². The van der Waals surface area contributed by atoms with Crippen LogP contribution in [0, 0.1) is 0 Å². The summed E-state index contributed by atoms with van der Waals surface area (Å²) in [5.41, 5.74) is 0.783. The normalized spacial score (nSPS) is 15.3. The Hall–Kier alpha value is -3.52. The molecule has 0 radical (unpaired) electrons. The molecule has 154 valence electrons. The lowest BCUT2D eigenvalue weighted by Gasteiger charge is -2.26. The molecule has 3 aromatic carbocycles. The van der Waals surface area contributed by atoms with Crippen molar-refractivity contribution < 1.29 is 22.7 Å². The topological polar surface area (TPSA) is 93.7 Å². The molecule has 1 amide bonds. The van der Waals surface area contributed by atoms with Gasteiger partial charge in [0.2, 0.25) is 0 Å². The van der Waals surface area contributed by atoms with Gasteiger partial charge in [0, 0.05) is 11.3 Å². The number of amides is 1. The SMILES string of the molecule is O=C(NCC1COc2ccccc2O1)c1ccc(NS(=O)(=O)c2ccccc2)cc1.